The molecule has 0 saturated carbocycles. The summed E-state index contributed by atoms with van der Waals surface area (Å²) in [5.74, 6) is -0.962. The maximum absolute atomic E-state index is 12.6. The molecule has 1 amide bonds. The molecule has 5 heteroatoms. The van der Waals surface area contributed by atoms with Crippen LogP contribution in [0.4, 0.5) is 0 Å². The highest BCUT2D eigenvalue weighted by atomic mass is 16.5. The number of carbonyl (C=O) groups excluding carboxylic acids is 1. The Morgan fingerprint density at radius 1 is 1.29 bits per heavy atom. The molecular formula is C16H21NO4. The van der Waals surface area contributed by atoms with Gasteiger partial charge in [-0.3, -0.25) is 4.79 Å². The average molecular weight is 291 g/mol. The maximum Gasteiger partial charge on any atom is 0.329 e. The van der Waals surface area contributed by atoms with Crippen molar-refractivity contribution in [3.05, 3.63) is 35.9 Å². The number of nitrogens with zero attached hydrogens (tertiary/aromatic N) is 1. The molecule has 21 heavy (non-hydrogen) atoms. The van der Waals surface area contributed by atoms with Gasteiger partial charge in [-0.1, -0.05) is 30.3 Å². The van der Waals surface area contributed by atoms with Gasteiger partial charge in [0, 0.05) is 0 Å². The third-order valence-corrected chi connectivity index (χ3v) is 3.91. The second kappa shape index (κ2) is 5.48. The number of carboxylic acids is 1. The Morgan fingerprint density at radius 2 is 1.86 bits per heavy atom. The first-order valence-corrected chi connectivity index (χ1v) is 6.95. The Kier molecular flexibility index (Phi) is 4.05. The van der Waals surface area contributed by atoms with E-state index in [-0.39, 0.29) is 12.5 Å². The van der Waals surface area contributed by atoms with Gasteiger partial charge in [0.2, 0.25) is 5.91 Å². The van der Waals surface area contributed by atoms with E-state index in [0.717, 1.165) is 5.56 Å². The minimum atomic E-state index is -0.995. The van der Waals surface area contributed by atoms with Crippen molar-refractivity contribution >= 4 is 11.9 Å². The summed E-state index contributed by atoms with van der Waals surface area (Å²) in [4.78, 5) is 24.9. The molecule has 1 aliphatic heterocycles. The highest BCUT2D eigenvalue weighted by Crippen LogP contribution is 2.32. The lowest BCUT2D eigenvalue weighted by Gasteiger charge is -2.49. The van der Waals surface area contributed by atoms with Crippen LogP contribution in [-0.2, 0) is 19.7 Å². The van der Waals surface area contributed by atoms with E-state index < -0.39 is 17.0 Å². The molecule has 0 atom stereocenters. The molecular weight excluding hydrogens is 270 g/mol. The number of amides is 1. The second-order valence-corrected chi connectivity index (χ2v) is 6.28. The molecule has 1 heterocycles. The minimum Gasteiger partial charge on any atom is -0.480 e. The van der Waals surface area contributed by atoms with Crippen LogP contribution in [0.25, 0.3) is 0 Å². The maximum atomic E-state index is 12.6. The van der Waals surface area contributed by atoms with Crippen LogP contribution in [0.15, 0.2) is 30.3 Å². The van der Waals surface area contributed by atoms with E-state index in [1.165, 1.54) is 0 Å². The highest BCUT2D eigenvalue weighted by Gasteiger charge is 2.46. The van der Waals surface area contributed by atoms with Gasteiger partial charge in [-0.2, -0.15) is 0 Å². The standard InChI is InChI=1S/C16H21NO4/c1-15(2,12-7-5-4-6-8-12)14(20)17-10-16(3,11-17)21-9-13(18)19/h4-8H,9-11H2,1-3H3,(H,18,19). The number of hydrogen-bond donors (Lipinski definition) is 1. The zero-order valence-electron chi connectivity index (χ0n) is 12.6. The van der Waals surface area contributed by atoms with Gasteiger partial charge in [-0.15, -0.1) is 0 Å². The fraction of sp³-hybridized carbons (Fsp3) is 0.500. The van der Waals surface area contributed by atoms with Gasteiger partial charge in [0.05, 0.1) is 18.5 Å². The van der Waals surface area contributed by atoms with Crippen LogP contribution in [0.3, 0.4) is 0 Å². The fourth-order valence-corrected chi connectivity index (χ4v) is 2.61. The van der Waals surface area contributed by atoms with E-state index >= 15 is 0 Å². The van der Waals surface area contributed by atoms with E-state index in [9.17, 15) is 9.59 Å². The van der Waals surface area contributed by atoms with Crippen molar-refractivity contribution in [3.63, 3.8) is 0 Å². The number of benzene rings is 1. The van der Waals surface area contributed by atoms with Crippen LogP contribution >= 0.6 is 0 Å². The molecule has 1 N–H and O–H groups in total. The summed E-state index contributed by atoms with van der Waals surface area (Å²) in [7, 11) is 0. The molecule has 0 spiro atoms. The summed E-state index contributed by atoms with van der Waals surface area (Å²) in [5, 5.41) is 8.64. The van der Waals surface area contributed by atoms with Crippen LogP contribution in [0.1, 0.15) is 26.3 Å². The Bertz CT molecular complexity index is 532. The topological polar surface area (TPSA) is 66.8 Å². The Morgan fingerprint density at radius 3 is 2.38 bits per heavy atom. The molecule has 1 saturated heterocycles. The first kappa shape index (κ1) is 15.5. The predicted molar refractivity (Wildman–Crippen MR) is 78.0 cm³/mol. The number of likely N-dealkylation sites (tertiary alicyclic amines) is 1. The zero-order valence-corrected chi connectivity index (χ0v) is 12.6. The van der Waals surface area contributed by atoms with E-state index in [1.807, 2.05) is 51.1 Å². The highest BCUT2D eigenvalue weighted by molar-refractivity contribution is 5.88. The fourth-order valence-electron chi connectivity index (χ4n) is 2.61. The minimum absolute atomic E-state index is 0.0325. The van der Waals surface area contributed by atoms with Crippen LogP contribution in [-0.4, -0.2) is 47.2 Å². The van der Waals surface area contributed by atoms with Crippen LogP contribution in [0.2, 0.25) is 0 Å². The van der Waals surface area contributed by atoms with Crippen molar-refractivity contribution in [2.75, 3.05) is 19.7 Å². The average Bonchev–Trinajstić information content (AvgIpc) is 2.42. The van der Waals surface area contributed by atoms with Gasteiger partial charge in [-0.25, -0.2) is 4.79 Å². The van der Waals surface area contributed by atoms with E-state index in [0.29, 0.717) is 13.1 Å². The van der Waals surface area contributed by atoms with Crippen molar-refractivity contribution in [2.45, 2.75) is 31.8 Å². The van der Waals surface area contributed by atoms with Crippen molar-refractivity contribution in [2.24, 2.45) is 0 Å². The third-order valence-electron chi connectivity index (χ3n) is 3.91. The number of rotatable bonds is 5. The molecule has 2 rings (SSSR count). The predicted octanol–water partition coefficient (Wildman–Crippen LogP) is 1.67. The van der Waals surface area contributed by atoms with E-state index in [1.54, 1.807) is 4.90 Å². The Labute approximate surface area is 124 Å². The van der Waals surface area contributed by atoms with Gasteiger partial charge in [0.1, 0.15) is 12.2 Å². The van der Waals surface area contributed by atoms with E-state index in [2.05, 4.69) is 0 Å². The molecule has 0 radical (unpaired) electrons. The van der Waals surface area contributed by atoms with Crippen LogP contribution < -0.4 is 0 Å². The van der Waals surface area contributed by atoms with Crippen molar-refractivity contribution in [1.82, 2.24) is 4.90 Å². The number of carbonyl (C=O) groups is 2. The molecule has 1 aromatic carbocycles. The first-order chi connectivity index (χ1) is 9.74. The largest absolute Gasteiger partial charge is 0.480 e. The molecule has 1 aromatic rings. The second-order valence-electron chi connectivity index (χ2n) is 6.28. The quantitative estimate of drug-likeness (QED) is 0.896. The lowest BCUT2D eigenvalue weighted by atomic mass is 9.81. The number of hydrogen-bond acceptors (Lipinski definition) is 3. The molecule has 0 unspecified atom stereocenters. The van der Waals surface area contributed by atoms with Crippen molar-refractivity contribution < 1.29 is 19.4 Å². The summed E-state index contributed by atoms with van der Waals surface area (Å²) in [6.07, 6.45) is 0. The summed E-state index contributed by atoms with van der Waals surface area (Å²) in [5.41, 5.74) is -0.189. The molecule has 1 fully saturated rings. The van der Waals surface area contributed by atoms with Crippen molar-refractivity contribution in [1.29, 1.82) is 0 Å². The SMILES string of the molecule is CC1(OCC(=O)O)CN(C(=O)C(C)(C)c2ccccc2)C1. The lowest BCUT2D eigenvalue weighted by molar-refractivity contribution is -0.176. The van der Waals surface area contributed by atoms with E-state index in [4.69, 9.17) is 9.84 Å². The lowest BCUT2D eigenvalue weighted by Crippen LogP contribution is -2.65. The summed E-state index contributed by atoms with van der Waals surface area (Å²) >= 11 is 0. The molecule has 114 valence electrons. The van der Waals surface area contributed by atoms with Crippen LogP contribution in [0.5, 0.6) is 0 Å². The third kappa shape index (κ3) is 3.24. The smallest absolute Gasteiger partial charge is 0.329 e. The number of aliphatic carboxylic acids is 1. The number of carboxylic acid groups (broad SMARTS) is 1. The summed E-state index contributed by atoms with van der Waals surface area (Å²) in [6, 6.07) is 9.64. The van der Waals surface area contributed by atoms with Gasteiger partial charge in [0.25, 0.3) is 0 Å². The molecule has 0 bridgehead atoms. The normalized spacial score (nSPS) is 17.2. The summed E-state index contributed by atoms with van der Waals surface area (Å²) < 4.78 is 5.33. The van der Waals surface area contributed by atoms with Gasteiger partial charge in [-0.05, 0) is 26.3 Å². The monoisotopic (exact) mass is 291 g/mol. The molecule has 5 nitrogen and oxygen atoms in total. The Hall–Kier alpha value is -1.88. The van der Waals surface area contributed by atoms with Gasteiger partial charge >= 0.3 is 5.97 Å². The van der Waals surface area contributed by atoms with Crippen molar-refractivity contribution in [3.8, 4) is 0 Å². The van der Waals surface area contributed by atoms with Crippen LogP contribution in [0, 0.1) is 0 Å². The Balaban J connectivity index is 1.99. The summed E-state index contributed by atoms with van der Waals surface area (Å²) in [6.45, 7) is 6.15. The van der Waals surface area contributed by atoms with Gasteiger partial charge in [0.15, 0.2) is 0 Å². The first-order valence-electron chi connectivity index (χ1n) is 6.95. The zero-order chi connectivity index (χ0) is 15.7. The molecule has 1 aliphatic rings. The van der Waals surface area contributed by atoms with Gasteiger partial charge < -0.3 is 14.7 Å². The molecule has 0 aromatic heterocycles. The molecule has 0 aliphatic carbocycles. The number of ether oxygens (including phenoxy) is 1.